The van der Waals surface area contributed by atoms with Crippen LogP contribution in [0, 0.1) is 25.2 Å². The van der Waals surface area contributed by atoms with Crippen LogP contribution in [0.3, 0.4) is 0 Å². The Balaban J connectivity index is 0.00000306. The molecule has 0 radical (unpaired) electrons. The summed E-state index contributed by atoms with van der Waals surface area (Å²) in [5, 5.41) is 10.9. The first-order valence-electron chi connectivity index (χ1n) is 10.4. The van der Waals surface area contributed by atoms with Gasteiger partial charge in [-0.15, -0.1) is 0 Å². The van der Waals surface area contributed by atoms with Gasteiger partial charge in [0.2, 0.25) is 0 Å². The quantitative estimate of drug-likeness (QED) is 0.617. The number of H-pyrrole nitrogens is 1. The van der Waals surface area contributed by atoms with E-state index in [1.807, 2.05) is 44.3 Å². The Hall–Kier alpha value is -4.05. The van der Waals surface area contributed by atoms with Gasteiger partial charge in [0, 0.05) is 63.1 Å². The van der Waals surface area contributed by atoms with Crippen molar-refractivity contribution in [3.8, 4) is 6.07 Å². The molecule has 0 saturated heterocycles. The number of nitrogens with two attached hydrogens (primary N) is 1. The zero-order valence-electron chi connectivity index (χ0n) is 18.7. The number of benzene rings is 2. The van der Waals surface area contributed by atoms with E-state index in [1.165, 1.54) is 6.20 Å². The molecule has 0 unspecified atom stereocenters. The number of fused-ring (bicyclic) bond motifs is 2. The molecule has 0 spiro atoms. The van der Waals surface area contributed by atoms with Gasteiger partial charge in [0.25, 0.3) is 5.56 Å². The number of nitrogens with zero attached hydrogens (tertiary/aromatic N) is 4. The summed E-state index contributed by atoms with van der Waals surface area (Å²) in [6.07, 6.45) is 3.14. The highest BCUT2D eigenvalue weighted by molar-refractivity contribution is 6.11. The van der Waals surface area contributed by atoms with Gasteiger partial charge in [-0.05, 0) is 43.7 Å². The van der Waals surface area contributed by atoms with Gasteiger partial charge in [0.15, 0.2) is 0 Å². The minimum Gasteiger partial charge on any atom is -0.404 e. The van der Waals surface area contributed by atoms with Crippen molar-refractivity contribution >= 4 is 39.8 Å². The van der Waals surface area contributed by atoms with E-state index in [4.69, 9.17) is 5.73 Å². The molecule has 32 heavy (non-hydrogen) atoms. The molecule has 0 aliphatic carbocycles. The van der Waals surface area contributed by atoms with Crippen LogP contribution in [0.4, 0.5) is 17.1 Å². The average Bonchev–Trinajstić information content (AvgIpc) is 2.79. The van der Waals surface area contributed by atoms with Gasteiger partial charge in [-0.3, -0.25) is 9.79 Å². The Morgan fingerprint density at radius 1 is 1.22 bits per heavy atom. The molecule has 1 aliphatic heterocycles. The minimum atomic E-state index is -0.0822. The van der Waals surface area contributed by atoms with E-state index >= 15 is 0 Å². The second-order valence-corrected chi connectivity index (χ2v) is 8.05. The summed E-state index contributed by atoms with van der Waals surface area (Å²) < 4.78 is 0. The molecule has 0 amide bonds. The molecule has 2 aromatic carbocycles. The van der Waals surface area contributed by atoms with Crippen molar-refractivity contribution in [2.45, 2.75) is 13.8 Å². The van der Waals surface area contributed by atoms with E-state index in [-0.39, 0.29) is 6.99 Å². The van der Waals surface area contributed by atoms with Crippen molar-refractivity contribution in [1.29, 1.82) is 5.26 Å². The fourth-order valence-electron chi connectivity index (χ4n) is 4.33. The van der Waals surface area contributed by atoms with Crippen LogP contribution in [-0.2, 0) is 0 Å². The maximum atomic E-state index is 12.2. The molecule has 164 valence electrons. The van der Waals surface area contributed by atoms with Crippen LogP contribution < -0.4 is 21.1 Å². The van der Waals surface area contributed by atoms with Crippen molar-refractivity contribution in [2.75, 3.05) is 37.0 Å². The number of aryl methyl sites for hydroxylation is 2. The summed E-state index contributed by atoms with van der Waals surface area (Å²) in [7, 11) is 3.72. The van der Waals surface area contributed by atoms with E-state index in [0.717, 1.165) is 52.2 Å². The number of nitriles is 1. The molecule has 4 rings (SSSR count). The minimum absolute atomic E-state index is 0. The van der Waals surface area contributed by atoms with Crippen molar-refractivity contribution in [2.24, 2.45) is 10.7 Å². The Morgan fingerprint density at radius 2 is 2.00 bits per heavy atom. The molecular weight excluding hydrogens is 400 g/mol. The van der Waals surface area contributed by atoms with Crippen LogP contribution >= 0.6 is 0 Å². The Bertz CT molecular complexity index is 1380. The largest absolute Gasteiger partial charge is 0.404 e. The highest BCUT2D eigenvalue weighted by Gasteiger charge is 2.26. The first kappa shape index (κ1) is 21.2. The molecule has 0 atom stereocenters. The second-order valence-electron chi connectivity index (χ2n) is 8.05. The lowest BCUT2D eigenvalue weighted by Gasteiger charge is -2.38. The first-order valence-corrected chi connectivity index (χ1v) is 10.4. The van der Waals surface area contributed by atoms with E-state index in [1.54, 1.807) is 13.3 Å². The molecule has 1 aromatic heterocycles. The normalized spacial score (nSPS) is 14.2. The predicted molar refractivity (Wildman–Crippen MR) is 134 cm³/mol. The monoisotopic (exact) mass is 428 g/mol. The van der Waals surface area contributed by atoms with E-state index < -0.39 is 0 Å². The Morgan fingerprint density at radius 3 is 2.69 bits per heavy atom. The molecule has 3 aromatic rings. The third kappa shape index (κ3) is 3.40. The molecule has 0 fully saturated rings. The van der Waals surface area contributed by atoms with Crippen LogP contribution in [0.1, 0.15) is 23.7 Å². The van der Waals surface area contributed by atoms with Crippen LogP contribution in [0.2, 0.25) is 0 Å². The summed E-state index contributed by atoms with van der Waals surface area (Å²) >= 11 is 0. The van der Waals surface area contributed by atoms with Crippen molar-refractivity contribution in [1.82, 2.24) is 4.98 Å². The summed E-state index contributed by atoms with van der Waals surface area (Å²) in [6, 6.07) is 12.2. The van der Waals surface area contributed by atoms with Gasteiger partial charge in [-0.1, -0.05) is 6.07 Å². The molecule has 7 nitrogen and oxygen atoms in total. The number of hydrogen-bond acceptors (Lipinski definition) is 6. The molecule has 2 heterocycles. The molecule has 0 bridgehead atoms. The van der Waals surface area contributed by atoms with Crippen LogP contribution in [0.5, 0.6) is 0 Å². The lowest BCUT2D eigenvalue weighted by molar-refractivity contribution is 0.821. The van der Waals surface area contributed by atoms with Crippen molar-refractivity contribution in [3.05, 3.63) is 69.1 Å². The summed E-state index contributed by atoms with van der Waals surface area (Å²) in [5.41, 5.74) is 13.3. The zero-order valence-corrected chi connectivity index (χ0v) is 18.7. The fourth-order valence-corrected chi connectivity index (χ4v) is 4.33. The van der Waals surface area contributed by atoms with Crippen molar-refractivity contribution < 1.29 is 1.43 Å². The molecule has 7 heteroatoms. The van der Waals surface area contributed by atoms with Crippen LogP contribution in [-0.4, -0.2) is 38.4 Å². The third-order valence-corrected chi connectivity index (χ3v) is 6.01. The molecular formula is C25H28N6O. The number of allylic oxidation sites excluding steroid dienone is 1. The summed E-state index contributed by atoms with van der Waals surface area (Å²) in [5.74, 6) is 0. The second kappa shape index (κ2) is 8.23. The van der Waals surface area contributed by atoms with Gasteiger partial charge in [0.1, 0.15) is 0 Å². The number of rotatable bonds is 3. The van der Waals surface area contributed by atoms with Gasteiger partial charge in [0.05, 0.1) is 34.2 Å². The molecule has 0 saturated carbocycles. The summed E-state index contributed by atoms with van der Waals surface area (Å²) in [6.45, 7) is 5.44. The van der Waals surface area contributed by atoms with Gasteiger partial charge < -0.3 is 20.5 Å². The zero-order chi connectivity index (χ0) is 23.0. The summed E-state index contributed by atoms with van der Waals surface area (Å²) in [4.78, 5) is 23.7. The highest BCUT2D eigenvalue weighted by Crippen LogP contribution is 2.43. The van der Waals surface area contributed by atoms with Gasteiger partial charge in [-0.25, -0.2) is 0 Å². The number of aromatic amines is 1. The van der Waals surface area contributed by atoms with Gasteiger partial charge in [-0.2, -0.15) is 5.26 Å². The fraction of sp³-hybridized carbons (Fsp3) is 0.240. The lowest BCUT2D eigenvalue weighted by atomic mass is 9.96. The van der Waals surface area contributed by atoms with Gasteiger partial charge >= 0.3 is 0 Å². The lowest BCUT2D eigenvalue weighted by Crippen LogP contribution is -2.37. The highest BCUT2D eigenvalue weighted by atomic mass is 16.1. The maximum Gasteiger partial charge on any atom is 0.251 e. The van der Waals surface area contributed by atoms with Crippen LogP contribution in [0.15, 0.2) is 46.3 Å². The van der Waals surface area contributed by atoms with Crippen molar-refractivity contribution in [3.63, 3.8) is 0 Å². The first-order chi connectivity index (χ1) is 15.4. The SMILES string of the molecule is CN=C/C(=C\N)c1cc2c(cc1C#N)N(c1c(C)ccc3[nH]c(=O)c(C)cc13)CCN2C.[HH]. The smallest absolute Gasteiger partial charge is 0.251 e. The standard InChI is InChI=1S/C25H26N6O.H2/c1-15-5-6-21-20(9-16(2)25(32)29-21)24(15)31-8-7-30(4)22-11-19(18(13-27)14-28-3)17(12-26)10-23(22)31;/h5-6,9-11,13-14H,7-8,27H2,1-4H3,(H,29,32);1H/b18-13+,28-14?;. The Labute approximate surface area is 188 Å². The number of hydrogen-bond donors (Lipinski definition) is 2. The van der Waals surface area contributed by atoms with Crippen LogP contribution in [0.25, 0.3) is 16.5 Å². The molecule has 1 aliphatic rings. The van der Waals surface area contributed by atoms with E-state index in [9.17, 15) is 10.1 Å². The predicted octanol–water partition coefficient (Wildman–Crippen LogP) is 3.85. The third-order valence-electron chi connectivity index (χ3n) is 6.01. The number of nitrogens with one attached hydrogen (secondary N) is 1. The topological polar surface area (TPSA) is 102 Å². The van der Waals surface area contributed by atoms with E-state index in [0.29, 0.717) is 16.7 Å². The number of aliphatic imine (C=N–C) groups is 1. The van der Waals surface area contributed by atoms with E-state index in [2.05, 4.69) is 32.8 Å². The number of aromatic nitrogens is 1. The molecule has 3 N–H and O–H groups in total. The number of likely N-dealkylation sites (N-methyl/N-ethyl adjacent to an activating group) is 1. The Kier molecular flexibility index (Phi) is 5.45. The number of pyridine rings is 1. The number of anilines is 3. The average molecular weight is 429 g/mol. The maximum absolute atomic E-state index is 12.2.